The molecule has 1 saturated carbocycles. The molecule has 24 heavy (non-hydrogen) atoms. The van der Waals surface area contributed by atoms with E-state index < -0.39 is 0 Å². The smallest absolute Gasteiger partial charge is 0.308 e. The fraction of sp³-hybridized carbons (Fsp3) is 0.438. The molecule has 0 radical (unpaired) electrons. The number of imidazole rings is 1. The van der Waals surface area contributed by atoms with Gasteiger partial charge in [-0.25, -0.2) is 15.0 Å². The highest BCUT2D eigenvalue weighted by Crippen LogP contribution is 2.25. The van der Waals surface area contributed by atoms with E-state index >= 15 is 0 Å². The molecule has 0 bridgehead atoms. The van der Waals surface area contributed by atoms with Gasteiger partial charge >= 0.3 is 5.97 Å². The lowest BCUT2D eigenvalue weighted by molar-refractivity contribution is -0.146. The number of carbonyl (C=O) groups excluding carboxylic acids is 2. The van der Waals surface area contributed by atoms with E-state index in [1.54, 1.807) is 35.6 Å². The first kappa shape index (κ1) is 16.1. The van der Waals surface area contributed by atoms with E-state index in [9.17, 15) is 9.59 Å². The average Bonchev–Trinajstić information content (AvgIpc) is 3.16. The lowest BCUT2D eigenvalue weighted by atomic mass is 9.86. The van der Waals surface area contributed by atoms with Crippen molar-refractivity contribution in [2.75, 3.05) is 7.11 Å². The molecule has 0 atom stereocenters. The Balaban J connectivity index is 1.60. The molecule has 1 fully saturated rings. The second-order valence-corrected chi connectivity index (χ2v) is 5.76. The third-order valence-electron chi connectivity index (χ3n) is 4.21. The minimum atomic E-state index is -0.236. The Hall–Kier alpha value is -2.77. The maximum absolute atomic E-state index is 12.4. The summed E-state index contributed by atoms with van der Waals surface area (Å²) in [6.07, 6.45) is 9.41. The molecule has 3 rings (SSSR count). The predicted molar refractivity (Wildman–Crippen MR) is 84.4 cm³/mol. The standard InChI is InChI=1S/C16H19N5O3/c1-24-15(23)11-2-4-12(5-3-11)19-14(22)13-6-7-18-16(20-13)21-9-8-17-10-21/h6-12H,2-5H2,1H3,(H,19,22). The van der Waals surface area contributed by atoms with E-state index in [2.05, 4.69) is 20.3 Å². The number of aromatic nitrogens is 4. The Kier molecular flexibility index (Phi) is 4.83. The summed E-state index contributed by atoms with van der Waals surface area (Å²) in [4.78, 5) is 36.3. The van der Waals surface area contributed by atoms with Crippen molar-refractivity contribution in [2.45, 2.75) is 31.7 Å². The molecular formula is C16H19N5O3. The lowest BCUT2D eigenvalue weighted by Crippen LogP contribution is -2.39. The van der Waals surface area contributed by atoms with Crippen LogP contribution in [0.5, 0.6) is 0 Å². The number of nitrogens with one attached hydrogen (secondary N) is 1. The van der Waals surface area contributed by atoms with Crippen LogP contribution in [-0.4, -0.2) is 44.5 Å². The Bertz CT molecular complexity index is 708. The van der Waals surface area contributed by atoms with E-state index in [0.29, 0.717) is 11.6 Å². The van der Waals surface area contributed by atoms with Gasteiger partial charge in [0.15, 0.2) is 0 Å². The monoisotopic (exact) mass is 329 g/mol. The van der Waals surface area contributed by atoms with Gasteiger partial charge in [-0.2, -0.15) is 0 Å². The molecule has 0 aliphatic heterocycles. The van der Waals surface area contributed by atoms with Crippen molar-refractivity contribution < 1.29 is 14.3 Å². The van der Waals surface area contributed by atoms with E-state index in [-0.39, 0.29) is 23.8 Å². The van der Waals surface area contributed by atoms with Gasteiger partial charge in [-0.3, -0.25) is 14.2 Å². The molecule has 0 saturated heterocycles. The maximum atomic E-state index is 12.4. The summed E-state index contributed by atoms with van der Waals surface area (Å²) in [5.74, 6) is -0.0644. The predicted octanol–water partition coefficient (Wildman–Crippen LogP) is 1.12. The zero-order chi connectivity index (χ0) is 16.9. The van der Waals surface area contributed by atoms with Gasteiger partial charge in [0.2, 0.25) is 5.95 Å². The van der Waals surface area contributed by atoms with Gasteiger partial charge in [0.25, 0.3) is 5.91 Å². The number of amides is 1. The molecular weight excluding hydrogens is 310 g/mol. The molecule has 1 N–H and O–H groups in total. The van der Waals surface area contributed by atoms with Crippen LogP contribution in [0, 0.1) is 5.92 Å². The second kappa shape index (κ2) is 7.20. The van der Waals surface area contributed by atoms with Crippen molar-refractivity contribution in [3.8, 4) is 5.95 Å². The van der Waals surface area contributed by atoms with Gasteiger partial charge in [-0.1, -0.05) is 0 Å². The van der Waals surface area contributed by atoms with Gasteiger partial charge in [0, 0.05) is 24.6 Å². The van der Waals surface area contributed by atoms with Gasteiger partial charge in [-0.15, -0.1) is 0 Å². The van der Waals surface area contributed by atoms with Crippen molar-refractivity contribution in [3.63, 3.8) is 0 Å². The van der Waals surface area contributed by atoms with E-state index in [4.69, 9.17) is 4.74 Å². The molecule has 2 heterocycles. The average molecular weight is 329 g/mol. The summed E-state index contributed by atoms with van der Waals surface area (Å²) in [5.41, 5.74) is 0.309. The zero-order valence-corrected chi connectivity index (χ0v) is 13.4. The van der Waals surface area contributed by atoms with Crippen LogP contribution in [-0.2, 0) is 9.53 Å². The molecule has 1 amide bonds. The van der Waals surface area contributed by atoms with Crippen LogP contribution in [0.25, 0.3) is 5.95 Å². The number of nitrogens with zero attached hydrogens (tertiary/aromatic N) is 4. The molecule has 1 aliphatic carbocycles. The minimum Gasteiger partial charge on any atom is -0.469 e. The second-order valence-electron chi connectivity index (χ2n) is 5.76. The van der Waals surface area contributed by atoms with Crippen molar-refractivity contribution >= 4 is 11.9 Å². The van der Waals surface area contributed by atoms with Crippen LogP contribution in [0.2, 0.25) is 0 Å². The molecule has 0 aromatic carbocycles. The molecule has 1 aliphatic rings. The zero-order valence-electron chi connectivity index (χ0n) is 13.4. The third kappa shape index (κ3) is 3.58. The number of rotatable bonds is 4. The van der Waals surface area contributed by atoms with Crippen molar-refractivity contribution in [2.24, 2.45) is 5.92 Å². The van der Waals surface area contributed by atoms with Gasteiger partial charge in [0.1, 0.15) is 12.0 Å². The van der Waals surface area contributed by atoms with E-state index in [1.807, 2.05) is 0 Å². The lowest BCUT2D eigenvalue weighted by Gasteiger charge is -2.27. The fourth-order valence-corrected chi connectivity index (χ4v) is 2.88. The highest BCUT2D eigenvalue weighted by atomic mass is 16.5. The van der Waals surface area contributed by atoms with Gasteiger partial charge in [0.05, 0.1) is 13.0 Å². The van der Waals surface area contributed by atoms with E-state index in [1.165, 1.54) is 7.11 Å². The van der Waals surface area contributed by atoms with Crippen LogP contribution in [0.3, 0.4) is 0 Å². The summed E-state index contributed by atoms with van der Waals surface area (Å²) < 4.78 is 6.41. The molecule has 2 aromatic heterocycles. The molecule has 8 nitrogen and oxygen atoms in total. The van der Waals surface area contributed by atoms with Gasteiger partial charge < -0.3 is 10.1 Å². The molecule has 8 heteroatoms. The summed E-state index contributed by atoms with van der Waals surface area (Å²) in [5, 5.41) is 2.98. The summed E-state index contributed by atoms with van der Waals surface area (Å²) in [6.45, 7) is 0. The SMILES string of the molecule is COC(=O)C1CCC(NC(=O)c2ccnc(-n3ccnc3)n2)CC1. The minimum absolute atomic E-state index is 0.0464. The van der Waals surface area contributed by atoms with Gasteiger partial charge in [-0.05, 0) is 31.7 Å². The molecule has 126 valence electrons. The fourth-order valence-electron chi connectivity index (χ4n) is 2.88. The topological polar surface area (TPSA) is 99.0 Å². The van der Waals surface area contributed by atoms with Crippen molar-refractivity contribution in [1.29, 1.82) is 0 Å². The number of hydrogen-bond donors (Lipinski definition) is 1. The highest BCUT2D eigenvalue weighted by molar-refractivity contribution is 5.92. The van der Waals surface area contributed by atoms with Crippen LogP contribution in [0.15, 0.2) is 31.0 Å². The summed E-state index contributed by atoms with van der Waals surface area (Å²) in [6, 6.07) is 1.63. The van der Waals surface area contributed by atoms with Crippen LogP contribution in [0.4, 0.5) is 0 Å². The number of ether oxygens (including phenoxy) is 1. The maximum Gasteiger partial charge on any atom is 0.308 e. The number of methoxy groups -OCH3 is 1. The normalized spacial score (nSPS) is 20.4. The number of esters is 1. The van der Waals surface area contributed by atoms with E-state index in [0.717, 1.165) is 25.7 Å². The Morgan fingerprint density at radius 1 is 1.25 bits per heavy atom. The largest absolute Gasteiger partial charge is 0.469 e. The molecule has 0 spiro atoms. The highest BCUT2D eigenvalue weighted by Gasteiger charge is 2.28. The van der Waals surface area contributed by atoms with Crippen LogP contribution in [0.1, 0.15) is 36.2 Å². The number of hydrogen-bond acceptors (Lipinski definition) is 6. The quantitative estimate of drug-likeness (QED) is 0.844. The Labute approximate surface area is 139 Å². The first-order chi connectivity index (χ1) is 11.7. The summed E-state index contributed by atoms with van der Waals surface area (Å²) in [7, 11) is 1.41. The first-order valence-electron chi connectivity index (χ1n) is 7.87. The third-order valence-corrected chi connectivity index (χ3v) is 4.21. The molecule has 2 aromatic rings. The number of carbonyl (C=O) groups is 2. The Morgan fingerprint density at radius 2 is 2.04 bits per heavy atom. The van der Waals surface area contributed by atoms with Crippen LogP contribution < -0.4 is 5.32 Å². The van der Waals surface area contributed by atoms with Crippen molar-refractivity contribution in [1.82, 2.24) is 24.8 Å². The first-order valence-corrected chi connectivity index (χ1v) is 7.87. The summed E-state index contributed by atoms with van der Waals surface area (Å²) >= 11 is 0. The molecule has 0 unspecified atom stereocenters. The van der Waals surface area contributed by atoms with Crippen molar-refractivity contribution in [3.05, 3.63) is 36.7 Å². The van der Waals surface area contributed by atoms with Crippen LogP contribution >= 0.6 is 0 Å². The Morgan fingerprint density at radius 3 is 2.71 bits per heavy atom.